The van der Waals surface area contributed by atoms with E-state index < -0.39 is 0 Å². The third kappa shape index (κ3) is 3.42. The van der Waals surface area contributed by atoms with Gasteiger partial charge in [-0.1, -0.05) is 0 Å². The molecule has 0 aliphatic carbocycles. The average Bonchev–Trinajstić information content (AvgIpc) is 2.36. The molecular weight excluding hydrogens is 220 g/mol. The van der Waals surface area contributed by atoms with Gasteiger partial charge in [0, 0.05) is 19.3 Å². The predicted octanol–water partition coefficient (Wildman–Crippen LogP) is 0.935. The van der Waals surface area contributed by atoms with E-state index in [0.717, 1.165) is 0 Å². The first-order valence-corrected chi connectivity index (χ1v) is 5.72. The van der Waals surface area contributed by atoms with Gasteiger partial charge in [0.1, 0.15) is 5.56 Å². The fourth-order valence-corrected chi connectivity index (χ4v) is 1.50. The monoisotopic (exact) mass is 238 g/mol. The number of aromatic nitrogens is 1. The fraction of sp³-hybridized carbons (Fsp3) is 0.500. The van der Waals surface area contributed by atoms with Crippen LogP contribution in [0, 0.1) is 0 Å². The molecule has 0 saturated carbocycles. The highest BCUT2D eigenvalue weighted by Crippen LogP contribution is 2.16. The number of hydrogen-bond donors (Lipinski definition) is 1. The fourth-order valence-electron chi connectivity index (χ4n) is 1.50. The molecule has 0 radical (unpaired) electrons. The van der Waals surface area contributed by atoms with Crippen LogP contribution in [0.2, 0.25) is 0 Å². The van der Waals surface area contributed by atoms with E-state index in [0.29, 0.717) is 31.1 Å². The molecule has 0 saturated heterocycles. The van der Waals surface area contributed by atoms with Crippen LogP contribution in [0.3, 0.4) is 0 Å². The molecule has 94 valence electrons. The first-order valence-electron chi connectivity index (χ1n) is 5.72. The maximum absolute atomic E-state index is 12.2. The van der Waals surface area contributed by atoms with Crippen LogP contribution < -0.4 is 4.74 Å². The summed E-state index contributed by atoms with van der Waals surface area (Å²) >= 11 is 0. The number of carbonyl (C=O) groups is 1. The SMILES string of the molecule is CCOc1ncccc1C(=O)N(CC)CCO. The Morgan fingerprint density at radius 2 is 2.29 bits per heavy atom. The summed E-state index contributed by atoms with van der Waals surface area (Å²) in [6.07, 6.45) is 1.59. The van der Waals surface area contributed by atoms with Crippen LogP contribution in [0.4, 0.5) is 0 Å². The van der Waals surface area contributed by atoms with Crippen molar-refractivity contribution in [2.24, 2.45) is 0 Å². The molecule has 1 amide bonds. The second kappa shape index (κ2) is 6.85. The lowest BCUT2D eigenvalue weighted by atomic mass is 10.2. The van der Waals surface area contributed by atoms with Crippen LogP contribution in [0.5, 0.6) is 5.88 Å². The molecule has 0 fully saturated rings. The molecule has 0 spiro atoms. The van der Waals surface area contributed by atoms with Gasteiger partial charge in [0.25, 0.3) is 5.91 Å². The minimum absolute atomic E-state index is 0.0518. The molecule has 1 aromatic heterocycles. The molecule has 0 aromatic carbocycles. The zero-order chi connectivity index (χ0) is 12.7. The van der Waals surface area contributed by atoms with Crippen LogP contribution >= 0.6 is 0 Å². The Morgan fingerprint density at radius 1 is 1.53 bits per heavy atom. The molecule has 0 bridgehead atoms. The van der Waals surface area contributed by atoms with Crippen LogP contribution in [-0.4, -0.2) is 47.2 Å². The summed E-state index contributed by atoms with van der Waals surface area (Å²) in [4.78, 5) is 17.7. The number of aliphatic hydroxyl groups is 1. The lowest BCUT2D eigenvalue weighted by Gasteiger charge is -2.20. The molecule has 0 unspecified atom stereocenters. The van der Waals surface area contributed by atoms with E-state index in [1.165, 1.54) is 0 Å². The van der Waals surface area contributed by atoms with E-state index >= 15 is 0 Å². The summed E-state index contributed by atoms with van der Waals surface area (Å²) in [5, 5.41) is 8.90. The second-order valence-electron chi connectivity index (χ2n) is 3.40. The highest BCUT2D eigenvalue weighted by atomic mass is 16.5. The molecular formula is C12H18N2O3. The first-order chi connectivity index (χ1) is 8.24. The standard InChI is InChI=1S/C12H18N2O3/c1-3-14(8-9-15)12(16)10-6-5-7-13-11(10)17-4-2/h5-7,15H,3-4,8-9H2,1-2H3. The predicted molar refractivity (Wildman–Crippen MR) is 64.1 cm³/mol. The number of aliphatic hydroxyl groups excluding tert-OH is 1. The van der Waals surface area contributed by atoms with Gasteiger partial charge in [-0.3, -0.25) is 4.79 Å². The quantitative estimate of drug-likeness (QED) is 0.801. The number of nitrogens with zero attached hydrogens (tertiary/aromatic N) is 2. The number of carbonyl (C=O) groups excluding carboxylic acids is 1. The van der Waals surface area contributed by atoms with E-state index in [1.807, 2.05) is 13.8 Å². The Bertz CT molecular complexity index is 369. The van der Waals surface area contributed by atoms with Gasteiger partial charge in [-0.2, -0.15) is 0 Å². The number of pyridine rings is 1. The van der Waals surface area contributed by atoms with Crippen LogP contribution in [0.15, 0.2) is 18.3 Å². The number of rotatable bonds is 6. The van der Waals surface area contributed by atoms with Crippen molar-refractivity contribution in [3.8, 4) is 5.88 Å². The molecule has 0 aliphatic heterocycles. The Kier molecular flexibility index (Phi) is 5.42. The minimum Gasteiger partial charge on any atom is -0.477 e. The Morgan fingerprint density at radius 3 is 2.88 bits per heavy atom. The Hall–Kier alpha value is -1.62. The van der Waals surface area contributed by atoms with E-state index in [-0.39, 0.29) is 12.5 Å². The zero-order valence-corrected chi connectivity index (χ0v) is 10.2. The highest BCUT2D eigenvalue weighted by molar-refractivity contribution is 5.96. The summed E-state index contributed by atoms with van der Waals surface area (Å²) in [5.74, 6) is 0.175. The third-order valence-corrected chi connectivity index (χ3v) is 2.32. The van der Waals surface area contributed by atoms with Gasteiger partial charge in [0.2, 0.25) is 5.88 Å². The van der Waals surface area contributed by atoms with E-state index in [2.05, 4.69) is 4.98 Å². The summed E-state index contributed by atoms with van der Waals surface area (Å²) in [7, 11) is 0. The summed E-state index contributed by atoms with van der Waals surface area (Å²) in [6, 6.07) is 3.38. The highest BCUT2D eigenvalue weighted by Gasteiger charge is 2.18. The van der Waals surface area contributed by atoms with Crippen molar-refractivity contribution in [2.75, 3.05) is 26.3 Å². The molecule has 1 aromatic rings. The van der Waals surface area contributed by atoms with Crippen LogP contribution in [0.1, 0.15) is 24.2 Å². The van der Waals surface area contributed by atoms with E-state index in [4.69, 9.17) is 9.84 Å². The minimum atomic E-state index is -0.168. The average molecular weight is 238 g/mol. The van der Waals surface area contributed by atoms with Crippen molar-refractivity contribution >= 4 is 5.91 Å². The molecule has 1 heterocycles. The number of hydrogen-bond acceptors (Lipinski definition) is 4. The molecule has 1 rings (SSSR count). The van der Waals surface area contributed by atoms with Gasteiger partial charge in [0.05, 0.1) is 13.2 Å². The largest absolute Gasteiger partial charge is 0.477 e. The lowest BCUT2D eigenvalue weighted by molar-refractivity contribution is 0.0727. The molecule has 5 nitrogen and oxygen atoms in total. The number of amides is 1. The van der Waals surface area contributed by atoms with Gasteiger partial charge < -0.3 is 14.7 Å². The van der Waals surface area contributed by atoms with Crippen LogP contribution in [0.25, 0.3) is 0 Å². The molecule has 0 atom stereocenters. The van der Waals surface area contributed by atoms with Crippen molar-refractivity contribution in [3.05, 3.63) is 23.9 Å². The van der Waals surface area contributed by atoms with Crippen molar-refractivity contribution in [3.63, 3.8) is 0 Å². The maximum atomic E-state index is 12.2. The van der Waals surface area contributed by atoms with Crippen molar-refractivity contribution < 1.29 is 14.6 Å². The molecule has 0 aliphatic rings. The zero-order valence-electron chi connectivity index (χ0n) is 10.2. The smallest absolute Gasteiger partial charge is 0.259 e. The van der Waals surface area contributed by atoms with Gasteiger partial charge in [-0.25, -0.2) is 4.98 Å². The van der Waals surface area contributed by atoms with Crippen molar-refractivity contribution in [1.82, 2.24) is 9.88 Å². The lowest BCUT2D eigenvalue weighted by Crippen LogP contribution is -2.33. The van der Waals surface area contributed by atoms with Crippen LogP contribution in [-0.2, 0) is 0 Å². The van der Waals surface area contributed by atoms with E-state index in [1.54, 1.807) is 23.2 Å². The molecule has 17 heavy (non-hydrogen) atoms. The van der Waals surface area contributed by atoms with Gasteiger partial charge >= 0.3 is 0 Å². The van der Waals surface area contributed by atoms with Gasteiger partial charge in [-0.15, -0.1) is 0 Å². The van der Waals surface area contributed by atoms with Crippen molar-refractivity contribution in [1.29, 1.82) is 0 Å². The van der Waals surface area contributed by atoms with Gasteiger partial charge in [-0.05, 0) is 26.0 Å². The second-order valence-corrected chi connectivity index (χ2v) is 3.40. The maximum Gasteiger partial charge on any atom is 0.259 e. The molecule has 1 N–H and O–H groups in total. The van der Waals surface area contributed by atoms with Crippen molar-refractivity contribution in [2.45, 2.75) is 13.8 Å². The normalized spacial score (nSPS) is 10.1. The van der Waals surface area contributed by atoms with E-state index in [9.17, 15) is 4.79 Å². The summed E-state index contributed by atoms with van der Waals surface area (Å²) in [6.45, 7) is 4.97. The van der Waals surface area contributed by atoms with Gasteiger partial charge in [0.15, 0.2) is 0 Å². The Labute approximate surface area is 101 Å². The topological polar surface area (TPSA) is 62.7 Å². The first kappa shape index (κ1) is 13.4. The summed E-state index contributed by atoms with van der Waals surface area (Å²) < 4.78 is 5.31. The summed E-state index contributed by atoms with van der Waals surface area (Å²) in [5.41, 5.74) is 0.435. The number of likely N-dealkylation sites (N-methyl/N-ethyl adjacent to an activating group) is 1. The number of ether oxygens (including phenoxy) is 1. The molecule has 5 heteroatoms. The third-order valence-electron chi connectivity index (χ3n) is 2.32. The Balaban J connectivity index is 2.93.